The Morgan fingerprint density at radius 2 is 2.18 bits per heavy atom. The highest BCUT2D eigenvalue weighted by molar-refractivity contribution is 5.60. The topological polar surface area (TPSA) is 130 Å². The van der Waals surface area contributed by atoms with Crippen molar-refractivity contribution in [2.24, 2.45) is 0 Å². The zero-order valence-electron chi connectivity index (χ0n) is 16.2. The number of morpholine rings is 1. The first-order chi connectivity index (χ1) is 13.5. The number of ether oxygens (including phenoxy) is 2. The molecular formula is C18H24N8O2. The summed E-state index contributed by atoms with van der Waals surface area (Å²) in [5.41, 5.74) is 1.11. The van der Waals surface area contributed by atoms with Crippen LogP contribution in [0, 0.1) is 11.3 Å². The third-order valence-electron chi connectivity index (χ3n) is 4.42. The minimum absolute atomic E-state index is 0.0706. The zero-order chi connectivity index (χ0) is 20.0. The van der Waals surface area contributed by atoms with Crippen LogP contribution in [0.3, 0.4) is 0 Å². The Labute approximate surface area is 163 Å². The molecule has 1 fully saturated rings. The lowest BCUT2D eigenvalue weighted by atomic mass is 10.0. The van der Waals surface area contributed by atoms with Crippen LogP contribution in [0.15, 0.2) is 18.5 Å². The summed E-state index contributed by atoms with van der Waals surface area (Å²) in [7, 11) is 1.64. The second kappa shape index (κ2) is 8.88. The maximum Gasteiger partial charge on any atom is 0.158 e. The molecule has 1 unspecified atom stereocenters. The van der Waals surface area contributed by atoms with Crippen molar-refractivity contribution in [1.82, 2.24) is 25.5 Å². The average molecular weight is 384 g/mol. The summed E-state index contributed by atoms with van der Waals surface area (Å²) in [5, 5.41) is 27.2. The molecule has 10 heteroatoms. The lowest BCUT2D eigenvalue weighted by Gasteiger charge is -2.27. The number of nitriles is 1. The smallest absolute Gasteiger partial charge is 0.158 e. The van der Waals surface area contributed by atoms with Gasteiger partial charge in [-0.05, 0) is 13.8 Å². The fourth-order valence-electron chi connectivity index (χ4n) is 2.69. The van der Waals surface area contributed by atoms with Gasteiger partial charge in [0.15, 0.2) is 11.5 Å². The van der Waals surface area contributed by atoms with E-state index in [0.29, 0.717) is 30.5 Å². The van der Waals surface area contributed by atoms with E-state index in [4.69, 9.17) is 14.7 Å². The van der Waals surface area contributed by atoms with Crippen molar-refractivity contribution in [2.75, 3.05) is 44.0 Å². The van der Waals surface area contributed by atoms with Crippen LogP contribution in [0.5, 0.6) is 0 Å². The summed E-state index contributed by atoms with van der Waals surface area (Å²) in [6.07, 6.45) is 2.94. The Morgan fingerprint density at radius 1 is 1.32 bits per heavy atom. The molecule has 0 amide bonds. The van der Waals surface area contributed by atoms with Gasteiger partial charge in [-0.15, -0.1) is 10.2 Å². The Hall–Kier alpha value is -2.87. The number of rotatable bonds is 7. The maximum atomic E-state index is 8.82. The second-order valence-corrected chi connectivity index (χ2v) is 6.81. The zero-order valence-corrected chi connectivity index (χ0v) is 16.2. The lowest BCUT2D eigenvalue weighted by Crippen LogP contribution is -2.42. The van der Waals surface area contributed by atoms with Gasteiger partial charge in [0.25, 0.3) is 0 Å². The van der Waals surface area contributed by atoms with E-state index < -0.39 is 5.60 Å². The molecule has 0 aliphatic carbocycles. The molecule has 3 N–H and O–H groups in total. The van der Waals surface area contributed by atoms with Crippen LogP contribution in [0.2, 0.25) is 0 Å². The summed E-state index contributed by atoms with van der Waals surface area (Å²) >= 11 is 0. The van der Waals surface area contributed by atoms with Crippen LogP contribution >= 0.6 is 0 Å². The summed E-state index contributed by atoms with van der Waals surface area (Å²) in [6, 6.07) is 3.78. The number of hydrogen-bond donors (Lipinski definition) is 3. The predicted molar refractivity (Wildman–Crippen MR) is 103 cm³/mol. The van der Waals surface area contributed by atoms with Gasteiger partial charge >= 0.3 is 0 Å². The summed E-state index contributed by atoms with van der Waals surface area (Å²) < 4.78 is 11.3. The number of nitrogens with one attached hydrogen (secondary N) is 3. The molecule has 1 saturated heterocycles. The molecular weight excluding hydrogens is 360 g/mol. The largest absolute Gasteiger partial charge is 0.381 e. The van der Waals surface area contributed by atoms with Crippen LogP contribution in [-0.4, -0.2) is 59.6 Å². The molecule has 2 aromatic heterocycles. The summed E-state index contributed by atoms with van der Waals surface area (Å²) in [4.78, 5) is 8.13. The van der Waals surface area contributed by atoms with E-state index >= 15 is 0 Å². The van der Waals surface area contributed by atoms with Gasteiger partial charge in [-0.3, -0.25) is 0 Å². The summed E-state index contributed by atoms with van der Waals surface area (Å²) in [6.45, 7) is 6.85. The van der Waals surface area contributed by atoms with Gasteiger partial charge < -0.3 is 25.4 Å². The Balaban J connectivity index is 1.80. The van der Waals surface area contributed by atoms with E-state index in [1.165, 1.54) is 12.4 Å². The van der Waals surface area contributed by atoms with Gasteiger partial charge in [0.05, 0.1) is 30.8 Å². The third kappa shape index (κ3) is 4.89. The SMILES string of the molecule is COC(C)(C)c1nnc(Nc2cnc(C#N)cn2)cc1NCC1CNCCO1. The predicted octanol–water partition coefficient (Wildman–Crippen LogP) is 1.16. The van der Waals surface area contributed by atoms with Crippen molar-refractivity contribution < 1.29 is 9.47 Å². The molecule has 0 bridgehead atoms. The number of methoxy groups -OCH3 is 1. The van der Waals surface area contributed by atoms with E-state index in [1.807, 2.05) is 26.0 Å². The van der Waals surface area contributed by atoms with Crippen molar-refractivity contribution in [3.63, 3.8) is 0 Å². The molecule has 1 aliphatic heterocycles. The molecule has 0 radical (unpaired) electrons. The van der Waals surface area contributed by atoms with Gasteiger partial charge in [0.2, 0.25) is 0 Å². The molecule has 28 heavy (non-hydrogen) atoms. The molecule has 3 heterocycles. The van der Waals surface area contributed by atoms with E-state index in [1.54, 1.807) is 7.11 Å². The first-order valence-electron chi connectivity index (χ1n) is 9.00. The van der Waals surface area contributed by atoms with Gasteiger partial charge in [-0.25, -0.2) is 9.97 Å². The van der Waals surface area contributed by atoms with Crippen LogP contribution in [0.25, 0.3) is 0 Å². The Morgan fingerprint density at radius 3 is 2.82 bits per heavy atom. The molecule has 0 saturated carbocycles. The molecule has 2 aromatic rings. The number of aromatic nitrogens is 4. The fraction of sp³-hybridized carbons (Fsp3) is 0.500. The fourth-order valence-corrected chi connectivity index (χ4v) is 2.69. The normalized spacial score (nSPS) is 17.0. The Bertz CT molecular complexity index is 828. The van der Waals surface area contributed by atoms with Gasteiger partial charge in [0, 0.05) is 32.8 Å². The minimum atomic E-state index is -0.617. The van der Waals surface area contributed by atoms with Gasteiger partial charge in [-0.2, -0.15) is 5.26 Å². The standard InChI is InChI=1S/C18H24N8O2/c1-18(2,27-3)17-14(22-10-13-9-20-4-5-28-13)6-15(25-26-17)24-16-11-21-12(7-19)8-23-16/h6,8,11,13,20H,4-5,9-10H2,1-3H3,(H2,22,23,24,25). The van der Waals surface area contributed by atoms with Crippen molar-refractivity contribution in [2.45, 2.75) is 25.6 Å². The van der Waals surface area contributed by atoms with E-state index in [2.05, 4.69) is 36.1 Å². The van der Waals surface area contributed by atoms with Gasteiger partial charge in [0.1, 0.15) is 23.2 Å². The van der Waals surface area contributed by atoms with Crippen LogP contribution in [0.1, 0.15) is 25.2 Å². The number of nitrogens with zero attached hydrogens (tertiary/aromatic N) is 5. The molecule has 0 aromatic carbocycles. The molecule has 10 nitrogen and oxygen atoms in total. The number of anilines is 3. The number of hydrogen-bond acceptors (Lipinski definition) is 10. The first kappa shape index (κ1) is 19.9. The lowest BCUT2D eigenvalue weighted by molar-refractivity contribution is 0.0151. The molecule has 0 spiro atoms. The quantitative estimate of drug-likeness (QED) is 0.639. The van der Waals surface area contributed by atoms with Crippen molar-refractivity contribution >= 4 is 17.3 Å². The van der Waals surface area contributed by atoms with Crippen molar-refractivity contribution in [3.8, 4) is 6.07 Å². The molecule has 1 aliphatic rings. The van der Waals surface area contributed by atoms with Crippen molar-refractivity contribution in [1.29, 1.82) is 5.26 Å². The third-order valence-corrected chi connectivity index (χ3v) is 4.42. The van der Waals surface area contributed by atoms with Crippen LogP contribution in [-0.2, 0) is 15.1 Å². The monoisotopic (exact) mass is 384 g/mol. The van der Waals surface area contributed by atoms with E-state index in [9.17, 15) is 0 Å². The molecule has 1 atom stereocenters. The summed E-state index contributed by atoms with van der Waals surface area (Å²) in [5.74, 6) is 0.970. The average Bonchev–Trinajstić information content (AvgIpc) is 2.73. The van der Waals surface area contributed by atoms with Crippen LogP contribution < -0.4 is 16.0 Å². The van der Waals surface area contributed by atoms with Gasteiger partial charge in [-0.1, -0.05) is 0 Å². The molecule has 148 valence electrons. The second-order valence-electron chi connectivity index (χ2n) is 6.81. The first-order valence-corrected chi connectivity index (χ1v) is 9.00. The minimum Gasteiger partial charge on any atom is -0.381 e. The Kier molecular flexibility index (Phi) is 6.30. The highest BCUT2D eigenvalue weighted by Crippen LogP contribution is 2.30. The maximum absolute atomic E-state index is 8.82. The van der Waals surface area contributed by atoms with Crippen LogP contribution in [0.4, 0.5) is 17.3 Å². The van der Waals surface area contributed by atoms with E-state index in [0.717, 1.165) is 18.8 Å². The van der Waals surface area contributed by atoms with E-state index in [-0.39, 0.29) is 11.8 Å². The molecule has 3 rings (SSSR count). The highest BCUT2D eigenvalue weighted by Gasteiger charge is 2.27. The van der Waals surface area contributed by atoms with Crippen molar-refractivity contribution in [3.05, 3.63) is 29.8 Å². The highest BCUT2D eigenvalue weighted by atomic mass is 16.5.